The largest absolute Gasteiger partial charge is 0.298 e. The van der Waals surface area contributed by atoms with Gasteiger partial charge < -0.3 is 0 Å². The molecule has 0 radical (unpaired) electrons. The Morgan fingerprint density at radius 3 is 2.92 bits per heavy atom. The summed E-state index contributed by atoms with van der Waals surface area (Å²) in [4.78, 5) is 14.7. The molecule has 0 atom stereocenters. The van der Waals surface area contributed by atoms with E-state index in [2.05, 4.69) is 20.9 Å². The molecule has 0 bridgehead atoms. The number of rotatable bonds is 3. The number of hydrogen-bond acceptors (Lipinski definition) is 2. The first-order valence-corrected chi connectivity index (χ1v) is 5.18. The fourth-order valence-corrected chi connectivity index (χ4v) is 1.82. The number of pyridine rings is 1. The van der Waals surface area contributed by atoms with Crippen LogP contribution >= 0.6 is 15.9 Å². The molecular formula is C10H10BrNO. The summed E-state index contributed by atoms with van der Waals surface area (Å²) < 4.78 is 0.962. The number of carbonyl (C=O) groups is 1. The second-order valence-corrected chi connectivity index (χ2v) is 4.32. The molecule has 0 aromatic carbocycles. The Morgan fingerprint density at radius 2 is 2.38 bits per heavy atom. The number of carbonyl (C=O) groups excluding carboxylic acids is 1. The molecule has 0 saturated heterocycles. The fraction of sp³-hybridized carbons (Fsp3) is 0.400. The summed E-state index contributed by atoms with van der Waals surface area (Å²) in [6, 6.07) is 1.83. The molecule has 1 aromatic heterocycles. The Morgan fingerprint density at radius 1 is 1.62 bits per heavy atom. The van der Waals surface area contributed by atoms with Gasteiger partial charge in [-0.3, -0.25) is 9.78 Å². The van der Waals surface area contributed by atoms with Crippen molar-refractivity contribution in [3.63, 3.8) is 0 Å². The molecule has 2 nitrogen and oxygen atoms in total. The molecule has 1 fully saturated rings. The van der Waals surface area contributed by atoms with Crippen LogP contribution in [0.3, 0.4) is 0 Å². The number of halogens is 1. The van der Waals surface area contributed by atoms with E-state index in [0.717, 1.165) is 28.8 Å². The van der Waals surface area contributed by atoms with Gasteiger partial charge in [-0.05, 0) is 47.2 Å². The summed E-state index contributed by atoms with van der Waals surface area (Å²) in [6.07, 6.45) is 6.14. The first-order chi connectivity index (χ1) is 6.29. The van der Waals surface area contributed by atoms with E-state index < -0.39 is 0 Å². The second-order valence-electron chi connectivity index (χ2n) is 3.46. The van der Waals surface area contributed by atoms with Gasteiger partial charge in [0.2, 0.25) is 0 Å². The van der Waals surface area contributed by atoms with Gasteiger partial charge in [-0.15, -0.1) is 0 Å². The van der Waals surface area contributed by atoms with Gasteiger partial charge in [0.25, 0.3) is 0 Å². The van der Waals surface area contributed by atoms with E-state index in [0.29, 0.717) is 5.56 Å². The highest BCUT2D eigenvalue weighted by Crippen LogP contribution is 2.33. The zero-order valence-electron chi connectivity index (χ0n) is 7.16. The summed E-state index contributed by atoms with van der Waals surface area (Å²) in [6.45, 7) is 0. The predicted molar refractivity (Wildman–Crippen MR) is 53.8 cm³/mol. The molecule has 0 N–H and O–H groups in total. The predicted octanol–water partition coefficient (Wildman–Crippen LogP) is 2.61. The van der Waals surface area contributed by atoms with Crippen LogP contribution < -0.4 is 0 Å². The van der Waals surface area contributed by atoms with Gasteiger partial charge >= 0.3 is 0 Å². The van der Waals surface area contributed by atoms with E-state index >= 15 is 0 Å². The maximum Gasteiger partial charge on any atom is 0.151 e. The lowest BCUT2D eigenvalue weighted by molar-refractivity contribution is 0.112. The topological polar surface area (TPSA) is 30.0 Å². The van der Waals surface area contributed by atoms with E-state index in [1.807, 2.05) is 6.07 Å². The highest BCUT2D eigenvalue weighted by atomic mass is 79.9. The highest BCUT2D eigenvalue weighted by Gasteiger charge is 2.23. The molecule has 0 aliphatic heterocycles. The van der Waals surface area contributed by atoms with Gasteiger partial charge in [0.1, 0.15) is 0 Å². The highest BCUT2D eigenvalue weighted by molar-refractivity contribution is 9.10. The van der Waals surface area contributed by atoms with Crippen LogP contribution in [0.2, 0.25) is 0 Å². The van der Waals surface area contributed by atoms with Gasteiger partial charge in [0, 0.05) is 16.2 Å². The lowest BCUT2D eigenvalue weighted by Gasteiger charge is -2.01. The van der Waals surface area contributed by atoms with E-state index in [9.17, 15) is 4.79 Å². The summed E-state index contributed by atoms with van der Waals surface area (Å²) >= 11 is 3.42. The standard InChI is InChI=1S/C10H10BrNO/c11-9-3-8(6-13)5-12-10(9)4-7-1-2-7/h3,5-7H,1-2,4H2. The molecule has 1 aliphatic rings. The van der Waals surface area contributed by atoms with Crippen LogP contribution in [0.5, 0.6) is 0 Å². The smallest absolute Gasteiger partial charge is 0.151 e. The molecular weight excluding hydrogens is 230 g/mol. The molecule has 1 aliphatic carbocycles. The van der Waals surface area contributed by atoms with Crippen molar-refractivity contribution in [2.24, 2.45) is 5.92 Å². The van der Waals surface area contributed by atoms with Crippen LogP contribution in [-0.4, -0.2) is 11.3 Å². The Labute approximate surface area is 85.5 Å². The lowest BCUT2D eigenvalue weighted by Crippen LogP contribution is -1.95. The average Bonchev–Trinajstić information content (AvgIpc) is 2.92. The van der Waals surface area contributed by atoms with Crippen molar-refractivity contribution in [2.75, 3.05) is 0 Å². The fourth-order valence-electron chi connectivity index (χ4n) is 1.29. The number of nitrogens with zero attached hydrogens (tertiary/aromatic N) is 1. The summed E-state index contributed by atoms with van der Waals surface area (Å²) in [7, 11) is 0. The SMILES string of the molecule is O=Cc1cnc(CC2CC2)c(Br)c1. The first-order valence-electron chi connectivity index (χ1n) is 4.39. The van der Waals surface area contributed by atoms with Gasteiger partial charge in [-0.2, -0.15) is 0 Å². The Kier molecular flexibility index (Phi) is 2.44. The molecule has 0 amide bonds. The van der Waals surface area contributed by atoms with E-state index in [-0.39, 0.29) is 0 Å². The quantitative estimate of drug-likeness (QED) is 0.760. The number of aldehydes is 1. The van der Waals surface area contributed by atoms with E-state index in [1.165, 1.54) is 12.8 Å². The molecule has 2 rings (SSSR count). The van der Waals surface area contributed by atoms with Crippen molar-refractivity contribution in [1.82, 2.24) is 4.98 Å². The Bertz CT molecular complexity index is 334. The van der Waals surface area contributed by atoms with E-state index in [4.69, 9.17) is 0 Å². The van der Waals surface area contributed by atoms with Crippen molar-refractivity contribution in [2.45, 2.75) is 19.3 Å². The minimum absolute atomic E-state index is 0.631. The van der Waals surface area contributed by atoms with E-state index in [1.54, 1.807) is 6.20 Å². The van der Waals surface area contributed by atoms with Gasteiger partial charge in [-0.25, -0.2) is 0 Å². The third-order valence-electron chi connectivity index (χ3n) is 2.25. The van der Waals surface area contributed by atoms with Crippen LogP contribution in [0.25, 0.3) is 0 Å². The molecule has 1 aromatic rings. The normalized spacial score (nSPS) is 15.8. The minimum Gasteiger partial charge on any atom is -0.298 e. The molecule has 0 spiro atoms. The zero-order valence-corrected chi connectivity index (χ0v) is 8.75. The van der Waals surface area contributed by atoms with Crippen LogP contribution in [0.1, 0.15) is 28.9 Å². The molecule has 1 heterocycles. The number of aromatic nitrogens is 1. The molecule has 68 valence electrons. The van der Waals surface area contributed by atoms with Crippen molar-refractivity contribution >= 4 is 22.2 Å². The Balaban J connectivity index is 2.20. The second kappa shape index (κ2) is 3.58. The van der Waals surface area contributed by atoms with Crippen LogP contribution in [-0.2, 0) is 6.42 Å². The van der Waals surface area contributed by atoms with Crippen LogP contribution in [0.15, 0.2) is 16.7 Å². The molecule has 13 heavy (non-hydrogen) atoms. The maximum absolute atomic E-state index is 10.4. The first kappa shape index (κ1) is 8.88. The molecule has 0 unspecified atom stereocenters. The summed E-state index contributed by atoms with van der Waals surface area (Å²) in [5, 5.41) is 0. The average molecular weight is 240 g/mol. The van der Waals surface area contributed by atoms with Gasteiger partial charge in [0.15, 0.2) is 6.29 Å². The Hall–Kier alpha value is -0.700. The van der Waals surface area contributed by atoms with Crippen molar-refractivity contribution in [3.8, 4) is 0 Å². The van der Waals surface area contributed by atoms with Gasteiger partial charge in [-0.1, -0.05) is 0 Å². The zero-order chi connectivity index (χ0) is 9.26. The van der Waals surface area contributed by atoms with Crippen molar-refractivity contribution in [3.05, 3.63) is 28.0 Å². The molecule has 1 saturated carbocycles. The van der Waals surface area contributed by atoms with Crippen molar-refractivity contribution in [1.29, 1.82) is 0 Å². The lowest BCUT2D eigenvalue weighted by atomic mass is 10.2. The minimum atomic E-state index is 0.631. The summed E-state index contributed by atoms with van der Waals surface area (Å²) in [5.74, 6) is 0.825. The van der Waals surface area contributed by atoms with Crippen LogP contribution in [0, 0.1) is 5.92 Å². The number of hydrogen-bond donors (Lipinski definition) is 0. The monoisotopic (exact) mass is 239 g/mol. The van der Waals surface area contributed by atoms with Gasteiger partial charge in [0.05, 0.1) is 5.69 Å². The summed E-state index contributed by atoms with van der Waals surface area (Å²) in [5.41, 5.74) is 1.71. The third-order valence-corrected chi connectivity index (χ3v) is 2.94. The van der Waals surface area contributed by atoms with Crippen molar-refractivity contribution < 1.29 is 4.79 Å². The van der Waals surface area contributed by atoms with Crippen LogP contribution in [0.4, 0.5) is 0 Å². The molecule has 3 heteroatoms. The maximum atomic E-state index is 10.4. The third kappa shape index (κ3) is 2.15.